The minimum absolute atomic E-state index is 0.157. The maximum absolute atomic E-state index is 5.48. The molecule has 1 aliphatic rings. The van der Waals surface area contributed by atoms with E-state index < -0.39 is 0 Å². The van der Waals surface area contributed by atoms with Gasteiger partial charge in [0.25, 0.3) is 0 Å². The van der Waals surface area contributed by atoms with Crippen LogP contribution in [0, 0.1) is 0 Å². The van der Waals surface area contributed by atoms with Crippen molar-refractivity contribution in [2.24, 2.45) is 0 Å². The van der Waals surface area contributed by atoms with Crippen LogP contribution in [-0.2, 0) is 6.42 Å². The molecule has 0 bridgehead atoms. The molecule has 2 aromatic rings. The molecular formula is C23H30N2O2. The normalized spacial score (nSPS) is 17.1. The third-order valence-corrected chi connectivity index (χ3v) is 5.20. The monoisotopic (exact) mass is 366 g/mol. The van der Waals surface area contributed by atoms with Crippen LogP contribution in [0.4, 0.5) is 5.69 Å². The van der Waals surface area contributed by atoms with E-state index in [0.29, 0.717) is 0 Å². The zero-order chi connectivity index (χ0) is 19.4. The third-order valence-electron chi connectivity index (χ3n) is 5.20. The SMILES string of the molecule is CCCCc1ccc(N2C(C)=CC(c3ccc(OC)c(OC)c3)N2C)cc1. The molecular weight excluding hydrogens is 336 g/mol. The molecule has 0 aliphatic carbocycles. The molecule has 1 unspecified atom stereocenters. The summed E-state index contributed by atoms with van der Waals surface area (Å²) in [5.41, 5.74) is 4.99. The maximum Gasteiger partial charge on any atom is 0.161 e. The topological polar surface area (TPSA) is 24.9 Å². The lowest BCUT2D eigenvalue weighted by Crippen LogP contribution is -2.35. The highest BCUT2D eigenvalue weighted by atomic mass is 16.5. The number of hydrogen-bond acceptors (Lipinski definition) is 4. The number of allylic oxidation sites excluding steroid dienone is 1. The highest BCUT2D eigenvalue weighted by Gasteiger charge is 2.29. The van der Waals surface area contributed by atoms with Crippen molar-refractivity contribution in [1.82, 2.24) is 5.01 Å². The molecule has 0 radical (unpaired) electrons. The van der Waals surface area contributed by atoms with Crippen molar-refractivity contribution in [3.8, 4) is 11.5 Å². The largest absolute Gasteiger partial charge is 0.493 e. The van der Waals surface area contributed by atoms with Crippen molar-refractivity contribution in [1.29, 1.82) is 0 Å². The number of rotatable bonds is 7. The van der Waals surface area contributed by atoms with E-state index in [0.717, 1.165) is 17.9 Å². The Hall–Kier alpha value is -2.46. The van der Waals surface area contributed by atoms with Gasteiger partial charge in [-0.15, -0.1) is 0 Å². The number of hydrogen-bond donors (Lipinski definition) is 0. The number of aryl methyl sites for hydroxylation is 1. The summed E-state index contributed by atoms with van der Waals surface area (Å²) in [7, 11) is 5.46. The van der Waals surface area contributed by atoms with Gasteiger partial charge >= 0.3 is 0 Å². The predicted molar refractivity (Wildman–Crippen MR) is 111 cm³/mol. The molecule has 4 nitrogen and oxygen atoms in total. The van der Waals surface area contributed by atoms with Crippen molar-refractivity contribution in [2.75, 3.05) is 26.3 Å². The van der Waals surface area contributed by atoms with Crippen molar-refractivity contribution >= 4 is 5.69 Å². The molecule has 27 heavy (non-hydrogen) atoms. The Morgan fingerprint density at radius 1 is 0.963 bits per heavy atom. The summed E-state index contributed by atoms with van der Waals surface area (Å²) in [5, 5.41) is 4.53. The van der Waals surface area contributed by atoms with E-state index in [1.54, 1.807) is 14.2 Å². The molecule has 0 aromatic heterocycles. The van der Waals surface area contributed by atoms with Crippen LogP contribution >= 0.6 is 0 Å². The second kappa shape index (κ2) is 8.49. The van der Waals surface area contributed by atoms with Crippen molar-refractivity contribution in [2.45, 2.75) is 39.2 Å². The zero-order valence-corrected chi connectivity index (χ0v) is 17.0. The second-order valence-electron chi connectivity index (χ2n) is 7.02. The van der Waals surface area contributed by atoms with E-state index in [1.165, 1.54) is 35.4 Å². The number of benzene rings is 2. The molecule has 0 spiro atoms. The second-order valence-corrected chi connectivity index (χ2v) is 7.02. The van der Waals surface area contributed by atoms with Crippen LogP contribution < -0.4 is 14.5 Å². The lowest BCUT2D eigenvalue weighted by Gasteiger charge is -2.32. The first kappa shape index (κ1) is 19.3. The summed E-state index contributed by atoms with van der Waals surface area (Å²) < 4.78 is 10.8. The molecule has 0 amide bonds. The minimum atomic E-state index is 0.157. The van der Waals surface area contributed by atoms with Crippen LogP contribution in [0.25, 0.3) is 0 Å². The average Bonchev–Trinajstić information content (AvgIpc) is 3.00. The van der Waals surface area contributed by atoms with Crippen LogP contribution in [0.1, 0.15) is 43.9 Å². The van der Waals surface area contributed by atoms with Crippen LogP contribution in [0.5, 0.6) is 11.5 Å². The van der Waals surface area contributed by atoms with E-state index >= 15 is 0 Å². The van der Waals surface area contributed by atoms with Crippen molar-refractivity contribution in [3.05, 3.63) is 65.4 Å². The standard InChI is InChI=1S/C23H30N2O2/c1-6-7-8-18-9-12-20(13-10-18)25-17(2)15-21(24(25)3)19-11-14-22(26-4)23(16-19)27-5/h9-16,21H,6-8H2,1-5H3. The molecule has 0 fully saturated rings. The molecule has 4 heteroatoms. The minimum Gasteiger partial charge on any atom is -0.493 e. The first-order chi connectivity index (χ1) is 13.1. The van der Waals surface area contributed by atoms with Crippen LogP contribution in [-0.4, -0.2) is 26.3 Å². The highest BCUT2D eigenvalue weighted by molar-refractivity contribution is 5.55. The van der Waals surface area contributed by atoms with E-state index in [2.05, 4.69) is 73.4 Å². The van der Waals surface area contributed by atoms with Gasteiger partial charge in [-0.2, -0.15) is 0 Å². The molecule has 3 rings (SSSR count). The molecule has 0 saturated heterocycles. The fourth-order valence-corrected chi connectivity index (χ4v) is 3.70. The summed E-state index contributed by atoms with van der Waals surface area (Å²) >= 11 is 0. The summed E-state index contributed by atoms with van der Waals surface area (Å²) in [6.45, 7) is 4.39. The van der Waals surface area contributed by atoms with E-state index in [4.69, 9.17) is 9.47 Å². The van der Waals surface area contributed by atoms with Gasteiger partial charge in [-0.25, -0.2) is 5.01 Å². The van der Waals surface area contributed by atoms with Gasteiger partial charge in [0.2, 0.25) is 0 Å². The van der Waals surface area contributed by atoms with Gasteiger partial charge in [0.05, 0.1) is 25.9 Å². The Labute approximate surface area is 163 Å². The molecule has 1 atom stereocenters. The summed E-state index contributed by atoms with van der Waals surface area (Å²) in [6, 6.07) is 15.2. The third kappa shape index (κ3) is 3.96. The van der Waals surface area contributed by atoms with Gasteiger partial charge in [0.15, 0.2) is 11.5 Å². The fourth-order valence-electron chi connectivity index (χ4n) is 3.70. The van der Waals surface area contributed by atoms with E-state index in [9.17, 15) is 0 Å². The van der Waals surface area contributed by atoms with E-state index in [-0.39, 0.29) is 6.04 Å². The summed E-state index contributed by atoms with van der Waals surface area (Å²) in [5.74, 6) is 1.51. The number of nitrogens with zero attached hydrogens (tertiary/aromatic N) is 2. The lowest BCUT2D eigenvalue weighted by atomic mass is 10.1. The maximum atomic E-state index is 5.48. The summed E-state index contributed by atoms with van der Waals surface area (Å²) in [6.07, 6.45) is 5.90. The van der Waals surface area contributed by atoms with Gasteiger partial charge in [0, 0.05) is 12.7 Å². The van der Waals surface area contributed by atoms with Crippen molar-refractivity contribution in [3.63, 3.8) is 0 Å². The number of unbranched alkanes of at least 4 members (excludes halogenated alkanes) is 1. The number of likely N-dealkylation sites (N-methyl/N-ethyl adjacent to an activating group) is 1. The molecule has 144 valence electrons. The molecule has 1 heterocycles. The summed E-state index contributed by atoms with van der Waals surface area (Å²) in [4.78, 5) is 0. The van der Waals surface area contributed by atoms with Gasteiger partial charge in [-0.3, -0.25) is 5.01 Å². The van der Waals surface area contributed by atoms with Gasteiger partial charge < -0.3 is 9.47 Å². The molecule has 0 saturated carbocycles. The van der Waals surface area contributed by atoms with Crippen molar-refractivity contribution < 1.29 is 9.47 Å². The Morgan fingerprint density at radius 2 is 1.67 bits per heavy atom. The Morgan fingerprint density at radius 3 is 2.30 bits per heavy atom. The highest BCUT2D eigenvalue weighted by Crippen LogP contribution is 2.38. The predicted octanol–water partition coefficient (Wildman–Crippen LogP) is 5.36. The smallest absolute Gasteiger partial charge is 0.161 e. The quantitative estimate of drug-likeness (QED) is 0.659. The Bertz CT molecular complexity index is 799. The number of hydrazine groups is 1. The first-order valence-corrected chi connectivity index (χ1v) is 9.61. The molecule has 0 N–H and O–H groups in total. The van der Waals surface area contributed by atoms with Crippen LogP contribution in [0.3, 0.4) is 0 Å². The van der Waals surface area contributed by atoms with E-state index in [1.807, 2.05) is 6.07 Å². The number of methoxy groups -OCH3 is 2. The molecule has 1 aliphatic heterocycles. The average molecular weight is 367 g/mol. The van der Waals surface area contributed by atoms with Crippen LogP contribution in [0.2, 0.25) is 0 Å². The first-order valence-electron chi connectivity index (χ1n) is 9.61. The number of anilines is 1. The van der Waals surface area contributed by atoms with Gasteiger partial charge in [0.1, 0.15) is 0 Å². The lowest BCUT2D eigenvalue weighted by molar-refractivity contribution is 0.304. The number of ether oxygens (including phenoxy) is 2. The fraction of sp³-hybridized carbons (Fsp3) is 0.391. The zero-order valence-electron chi connectivity index (χ0n) is 17.0. The molecule has 2 aromatic carbocycles. The Kier molecular flexibility index (Phi) is 6.07. The van der Waals surface area contributed by atoms with Crippen LogP contribution in [0.15, 0.2) is 54.2 Å². The Balaban J connectivity index is 1.82. The van der Waals surface area contributed by atoms with Gasteiger partial charge in [-0.1, -0.05) is 31.5 Å². The van der Waals surface area contributed by atoms with Gasteiger partial charge in [-0.05, 0) is 61.2 Å².